The van der Waals surface area contributed by atoms with Crippen LogP contribution in [0.5, 0.6) is 11.5 Å². The number of amides is 1. The lowest BCUT2D eigenvalue weighted by atomic mass is 10.0. The first-order valence-corrected chi connectivity index (χ1v) is 11.0. The van der Waals surface area contributed by atoms with E-state index in [4.69, 9.17) is 4.74 Å². The van der Waals surface area contributed by atoms with Crippen molar-refractivity contribution < 1.29 is 19.4 Å². The van der Waals surface area contributed by atoms with Crippen molar-refractivity contribution >= 4 is 23.1 Å². The van der Waals surface area contributed by atoms with Crippen molar-refractivity contribution in [3.8, 4) is 11.5 Å². The van der Waals surface area contributed by atoms with Gasteiger partial charge in [-0.25, -0.2) is 0 Å². The van der Waals surface area contributed by atoms with E-state index in [0.717, 1.165) is 11.3 Å². The fourth-order valence-corrected chi connectivity index (χ4v) is 3.23. The summed E-state index contributed by atoms with van der Waals surface area (Å²) in [6.45, 7) is 8.07. The fraction of sp³-hybridized carbons (Fsp3) is 0.185. The standard InChI is InChI=1S/C27H29N3O4/c1-4-34-25-17-24(31)22(26(32)20-8-6-5-7-9-20)16-23(25)30-29-21-12-10-19(11-13-21)14-15-28-27(33)18(2)3/h5-13,16-17,29-31H,2,4,14-15H2,1,3H3,(H,28,33). The third-order valence-corrected chi connectivity index (χ3v) is 5.06. The van der Waals surface area contributed by atoms with Gasteiger partial charge >= 0.3 is 0 Å². The van der Waals surface area contributed by atoms with Crippen LogP contribution in [0.4, 0.5) is 11.4 Å². The summed E-state index contributed by atoms with van der Waals surface area (Å²) in [5.41, 5.74) is 9.70. The molecule has 3 aromatic rings. The highest BCUT2D eigenvalue weighted by Crippen LogP contribution is 2.34. The first-order chi connectivity index (χ1) is 16.4. The quantitative estimate of drug-likeness (QED) is 0.144. The lowest BCUT2D eigenvalue weighted by Crippen LogP contribution is -2.25. The van der Waals surface area contributed by atoms with E-state index in [2.05, 4.69) is 22.7 Å². The number of ether oxygens (including phenoxy) is 1. The molecule has 1 amide bonds. The second-order valence-corrected chi connectivity index (χ2v) is 7.73. The molecule has 0 aromatic heterocycles. The number of phenolic OH excluding ortho intramolecular Hbond substituents is 1. The Balaban J connectivity index is 1.70. The Morgan fingerprint density at radius 1 is 1.00 bits per heavy atom. The molecular formula is C27H29N3O4. The van der Waals surface area contributed by atoms with Crippen LogP contribution in [0.1, 0.15) is 35.3 Å². The highest BCUT2D eigenvalue weighted by molar-refractivity contribution is 6.11. The molecule has 0 saturated heterocycles. The maximum absolute atomic E-state index is 12.9. The summed E-state index contributed by atoms with van der Waals surface area (Å²) in [5.74, 6) is -0.160. The number of hydrazine groups is 1. The van der Waals surface area contributed by atoms with E-state index in [1.807, 2.05) is 37.3 Å². The van der Waals surface area contributed by atoms with Crippen LogP contribution < -0.4 is 20.9 Å². The molecule has 4 N–H and O–H groups in total. The van der Waals surface area contributed by atoms with Crippen molar-refractivity contribution in [3.63, 3.8) is 0 Å². The van der Waals surface area contributed by atoms with Crippen molar-refractivity contribution in [3.05, 3.63) is 95.6 Å². The largest absolute Gasteiger partial charge is 0.507 e. The summed E-state index contributed by atoms with van der Waals surface area (Å²) < 4.78 is 5.63. The molecule has 0 aliphatic carbocycles. The van der Waals surface area contributed by atoms with Crippen molar-refractivity contribution in [2.24, 2.45) is 0 Å². The molecule has 34 heavy (non-hydrogen) atoms. The number of nitrogens with one attached hydrogen (secondary N) is 3. The molecule has 0 spiro atoms. The summed E-state index contributed by atoms with van der Waals surface area (Å²) in [5, 5.41) is 13.3. The zero-order valence-corrected chi connectivity index (χ0v) is 19.4. The van der Waals surface area contributed by atoms with Crippen molar-refractivity contribution in [1.29, 1.82) is 0 Å². The minimum atomic E-state index is -0.285. The molecule has 7 nitrogen and oxygen atoms in total. The van der Waals surface area contributed by atoms with Gasteiger partial charge in [0, 0.05) is 23.7 Å². The molecule has 0 saturated carbocycles. The van der Waals surface area contributed by atoms with E-state index in [0.29, 0.717) is 42.1 Å². The van der Waals surface area contributed by atoms with E-state index in [-0.39, 0.29) is 23.0 Å². The number of rotatable bonds is 11. The van der Waals surface area contributed by atoms with Crippen LogP contribution in [0.15, 0.2) is 78.9 Å². The first-order valence-electron chi connectivity index (χ1n) is 11.0. The summed E-state index contributed by atoms with van der Waals surface area (Å²) in [4.78, 5) is 24.5. The monoisotopic (exact) mass is 459 g/mol. The Bertz CT molecular complexity index is 1160. The average molecular weight is 460 g/mol. The number of hydrogen-bond acceptors (Lipinski definition) is 6. The molecular weight excluding hydrogens is 430 g/mol. The summed E-state index contributed by atoms with van der Waals surface area (Å²) in [6.07, 6.45) is 0.699. The molecule has 0 atom stereocenters. The number of carbonyl (C=O) groups is 2. The molecule has 3 aromatic carbocycles. The topological polar surface area (TPSA) is 99.7 Å². The zero-order valence-electron chi connectivity index (χ0n) is 19.4. The Hall–Kier alpha value is -4.26. The normalized spacial score (nSPS) is 10.3. The molecule has 7 heteroatoms. The van der Waals surface area contributed by atoms with Gasteiger partial charge < -0.3 is 20.6 Å². The van der Waals surface area contributed by atoms with Gasteiger partial charge in [-0.2, -0.15) is 0 Å². The third kappa shape index (κ3) is 6.38. The highest BCUT2D eigenvalue weighted by atomic mass is 16.5. The predicted molar refractivity (Wildman–Crippen MR) is 134 cm³/mol. The minimum absolute atomic E-state index is 0.147. The summed E-state index contributed by atoms with van der Waals surface area (Å²) in [7, 11) is 0. The van der Waals surface area contributed by atoms with Crippen molar-refractivity contribution in [2.75, 3.05) is 24.0 Å². The minimum Gasteiger partial charge on any atom is -0.507 e. The number of aromatic hydroxyl groups is 1. The average Bonchev–Trinajstić information content (AvgIpc) is 2.84. The zero-order chi connectivity index (χ0) is 24.5. The van der Waals surface area contributed by atoms with Gasteiger partial charge in [0.15, 0.2) is 5.78 Å². The van der Waals surface area contributed by atoms with Crippen molar-refractivity contribution in [2.45, 2.75) is 20.3 Å². The van der Waals surface area contributed by atoms with Gasteiger partial charge in [0.1, 0.15) is 11.5 Å². The fourth-order valence-electron chi connectivity index (χ4n) is 3.23. The van der Waals surface area contributed by atoms with E-state index in [9.17, 15) is 14.7 Å². The maximum atomic E-state index is 12.9. The van der Waals surface area contributed by atoms with Gasteiger partial charge in [-0.1, -0.05) is 49.0 Å². The summed E-state index contributed by atoms with van der Waals surface area (Å²) >= 11 is 0. The lowest BCUT2D eigenvalue weighted by Gasteiger charge is -2.16. The SMILES string of the molecule is C=C(C)C(=O)NCCc1ccc(NNc2cc(C(=O)c3ccccc3)c(O)cc2OCC)cc1. The van der Waals surface area contributed by atoms with Crippen LogP contribution in [0.2, 0.25) is 0 Å². The van der Waals surface area contributed by atoms with Crippen molar-refractivity contribution in [1.82, 2.24) is 5.32 Å². The second-order valence-electron chi connectivity index (χ2n) is 7.73. The van der Waals surface area contributed by atoms with E-state index >= 15 is 0 Å². The Morgan fingerprint density at radius 3 is 2.35 bits per heavy atom. The molecule has 0 heterocycles. The van der Waals surface area contributed by atoms with Gasteiger partial charge in [-0.15, -0.1) is 0 Å². The highest BCUT2D eigenvalue weighted by Gasteiger charge is 2.18. The van der Waals surface area contributed by atoms with E-state index in [1.54, 1.807) is 37.3 Å². The predicted octanol–water partition coefficient (Wildman–Crippen LogP) is 4.70. The van der Waals surface area contributed by atoms with Crippen LogP contribution in [-0.2, 0) is 11.2 Å². The Labute approximate surface area is 199 Å². The Kier molecular flexibility index (Phi) is 8.29. The third-order valence-electron chi connectivity index (χ3n) is 5.06. The summed E-state index contributed by atoms with van der Waals surface area (Å²) in [6, 6.07) is 19.5. The van der Waals surface area contributed by atoms with Gasteiger partial charge in [0.05, 0.1) is 23.5 Å². The van der Waals surface area contributed by atoms with E-state index < -0.39 is 0 Å². The molecule has 0 unspecified atom stereocenters. The number of anilines is 2. The van der Waals surface area contributed by atoms with Crippen LogP contribution in [-0.4, -0.2) is 29.9 Å². The number of phenols is 1. The van der Waals surface area contributed by atoms with Crippen LogP contribution >= 0.6 is 0 Å². The van der Waals surface area contributed by atoms with Gasteiger partial charge in [0.25, 0.3) is 0 Å². The number of ketones is 1. The van der Waals surface area contributed by atoms with Gasteiger partial charge in [-0.05, 0) is 44.0 Å². The van der Waals surface area contributed by atoms with Crippen LogP contribution in [0.3, 0.4) is 0 Å². The lowest BCUT2D eigenvalue weighted by molar-refractivity contribution is -0.117. The molecule has 0 aliphatic heterocycles. The van der Waals surface area contributed by atoms with Crippen LogP contribution in [0.25, 0.3) is 0 Å². The number of carbonyl (C=O) groups excluding carboxylic acids is 2. The number of benzene rings is 3. The molecule has 0 fully saturated rings. The molecule has 3 rings (SSSR count). The number of hydrogen-bond donors (Lipinski definition) is 4. The molecule has 0 bridgehead atoms. The first kappa shape index (κ1) is 24.4. The van der Waals surface area contributed by atoms with Gasteiger partial charge in [0.2, 0.25) is 5.91 Å². The molecule has 0 radical (unpaired) electrons. The second kappa shape index (κ2) is 11.6. The molecule has 176 valence electrons. The smallest absolute Gasteiger partial charge is 0.246 e. The van der Waals surface area contributed by atoms with E-state index in [1.165, 1.54) is 6.07 Å². The molecule has 0 aliphatic rings. The van der Waals surface area contributed by atoms with Gasteiger partial charge in [-0.3, -0.25) is 15.0 Å². The Morgan fingerprint density at radius 2 is 1.71 bits per heavy atom. The maximum Gasteiger partial charge on any atom is 0.246 e. The van der Waals surface area contributed by atoms with Crippen LogP contribution in [0, 0.1) is 0 Å².